The van der Waals surface area contributed by atoms with E-state index in [-0.39, 0.29) is 36.1 Å². The number of nitrogens with zero attached hydrogens (tertiary/aromatic N) is 7. The average molecular weight is 750 g/mol. The monoisotopic (exact) mass is 749 g/mol. The molecule has 3 atom stereocenters. The van der Waals surface area contributed by atoms with E-state index in [4.69, 9.17) is 14.6 Å². The highest BCUT2D eigenvalue weighted by atomic mass is 19.3. The highest BCUT2D eigenvalue weighted by Gasteiger charge is 2.52. The van der Waals surface area contributed by atoms with Crippen LogP contribution in [0, 0.1) is 5.41 Å². The predicted molar refractivity (Wildman–Crippen MR) is 201 cm³/mol. The molecule has 54 heavy (non-hydrogen) atoms. The van der Waals surface area contributed by atoms with E-state index in [2.05, 4.69) is 32.7 Å². The summed E-state index contributed by atoms with van der Waals surface area (Å²) in [5, 5.41) is 11.2. The number of carbonyl (C=O) groups is 2. The number of carbonyl (C=O) groups excluding carboxylic acids is 2. The number of nitrogens with one attached hydrogen (secondary N) is 2. The molecule has 292 valence electrons. The van der Waals surface area contributed by atoms with Gasteiger partial charge >= 0.3 is 6.09 Å². The Kier molecular flexibility index (Phi) is 9.49. The van der Waals surface area contributed by atoms with Crippen LogP contribution in [0.2, 0.25) is 0 Å². The van der Waals surface area contributed by atoms with Crippen LogP contribution in [0.4, 0.5) is 30.8 Å². The van der Waals surface area contributed by atoms with Crippen LogP contribution in [0.3, 0.4) is 0 Å². The Balaban J connectivity index is 0.914. The van der Waals surface area contributed by atoms with E-state index in [1.54, 1.807) is 22.7 Å². The van der Waals surface area contributed by atoms with E-state index in [9.17, 15) is 9.59 Å². The molecule has 5 aliphatic rings. The zero-order chi connectivity index (χ0) is 38.0. The summed E-state index contributed by atoms with van der Waals surface area (Å²) in [5.41, 5.74) is 4.30. The summed E-state index contributed by atoms with van der Waals surface area (Å²) in [4.78, 5) is 38.1. The van der Waals surface area contributed by atoms with E-state index in [1.165, 1.54) is 0 Å². The van der Waals surface area contributed by atoms with E-state index in [1.807, 2.05) is 49.8 Å². The van der Waals surface area contributed by atoms with Gasteiger partial charge in [-0.05, 0) is 89.6 Å². The Hall–Kier alpha value is -4.08. The third kappa shape index (κ3) is 6.87. The van der Waals surface area contributed by atoms with Crippen molar-refractivity contribution in [3.8, 4) is 0 Å². The number of hydrogen-bond donors (Lipinski definition) is 2. The normalized spacial score (nSPS) is 25.3. The number of amides is 2. The van der Waals surface area contributed by atoms with Gasteiger partial charge in [0.15, 0.2) is 17.2 Å². The number of aromatic nitrogens is 3. The molecule has 3 aromatic rings. The number of hydrogen-bond acceptors (Lipinski definition) is 10. The molecule has 15 heteroatoms. The molecule has 0 bridgehead atoms. The largest absolute Gasteiger partial charge is 0.444 e. The molecule has 4 aliphatic heterocycles. The van der Waals surface area contributed by atoms with Gasteiger partial charge < -0.3 is 29.9 Å². The van der Waals surface area contributed by atoms with Crippen molar-refractivity contribution in [1.82, 2.24) is 34.6 Å². The summed E-state index contributed by atoms with van der Waals surface area (Å²) in [6, 6.07) is 7.21. The SMILES string of the molecule is CNc1cc(N2CCc3c(CN4CC[C@H](N5CCC6(CC5)CN(C(=O)OC(C)(C)C)C6)C(F)(F)C4)cccc32)nn2c(C(=O)N[C@@H]3CC[C@H]3OC)cnc12. The number of ether oxygens (including phenoxy) is 2. The number of imidazole rings is 1. The Morgan fingerprint density at radius 1 is 1.04 bits per heavy atom. The fourth-order valence-electron chi connectivity index (χ4n) is 9.15. The number of alkyl halides is 2. The van der Waals surface area contributed by atoms with Crippen molar-refractivity contribution < 1.29 is 27.8 Å². The standard InChI is InChI=1S/C39H53F2N9O4/c1-37(2,3)54-36(52)48-22-38(23-48)13-17-47(18-14-38)32-12-15-46(24-39(32,40)41)21-25-7-6-8-29-26(25)11-16-49(29)33-19-28(42-4)34-43-20-30(50(34)45-33)35(51)44-27-9-10-31(27)53-5/h6-8,19-20,27,31-32,42H,9-18,21-24H2,1-5H3,(H,44,51)/t27-,31-,32+/m1/s1. The molecule has 0 radical (unpaired) electrons. The van der Waals surface area contributed by atoms with Gasteiger partial charge in [-0.3, -0.25) is 14.6 Å². The van der Waals surface area contributed by atoms with Gasteiger partial charge in [-0.2, -0.15) is 0 Å². The van der Waals surface area contributed by atoms with Crippen molar-refractivity contribution in [2.75, 3.05) is 70.2 Å². The van der Waals surface area contributed by atoms with Gasteiger partial charge in [-0.15, -0.1) is 5.10 Å². The van der Waals surface area contributed by atoms with Gasteiger partial charge in [-0.1, -0.05) is 12.1 Å². The molecule has 3 saturated heterocycles. The minimum atomic E-state index is -2.84. The van der Waals surface area contributed by atoms with E-state index < -0.39 is 17.6 Å². The van der Waals surface area contributed by atoms with E-state index in [0.717, 1.165) is 54.6 Å². The first-order valence-corrected chi connectivity index (χ1v) is 19.4. The van der Waals surface area contributed by atoms with Crippen LogP contribution in [-0.2, 0) is 22.4 Å². The van der Waals surface area contributed by atoms with Crippen LogP contribution >= 0.6 is 0 Å². The smallest absolute Gasteiger partial charge is 0.410 e. The first kappa shape index (κ1) is 36.9. The summed E-state index contributed by atoms with van der Waals surface area (Å²) in [5.74, 6) is -2.42. The minimum Gasteiger partial charge on any atom is -0.444 e. The van der Waals surface area contributed by atoms with Crippen molar-refractivity contribution in [1.29, 1.82) is 0 Å². The maximum atomic E-state index is 16.0. The second-order valence-corrected chi connectivity index (χ2v) is 16.9. The molecule has 1 spiro atoms. The Labute approximate surface area is 315 Å². The summed E-state index contributed by atoms with van der Waals surface area (Å²) >= 11 is 0. The summed E-state index contributed by atoms with van der Waals surface area (Å²) in [6.07, 6.45) is 5.85. The van der Waals surface area contributed by atoms with Gasteiger partial charge in [0.2, 0.25) is 0 Å². The van der Waals surface area contributed by atoms with Crippen molar-refractivity contribution in [2.24, 2.45) is 5.41 Å². The molecular formula is C39H53F2N9O4. The van der Waals surface area contributed by atoms with Crippen LogP contribution in [-0.4, -0.2) is 131 Å². The lowest BCUT2D eigenvalue weighted by molar-refractivity contribution is -0.144. The second-order valence-electron chi connectivity index (χ2n) is 16.9. The Bertz CT molecular complexity index is 1900. The summed E-state index contributed by atoms with van der Waals surface area (Å²) in [6.45, 7) is 9.56. The predicted octanol–water partition coefficient (Wildman–Crippen LogP) is 4.91. The molecule has 4 fully saturated rings. The number of anilines is 3. The zero-order valence-electron chi connectivity index (χ0n) is 32.0. The molecule has 2 amide bonds. The highest BCUT2D eigenvalue weighted by Crippen LogP contribution is 2.44. The van der Waals surface area contributed by atoms with Crippen molar-refractivity contribution in [2.45, 2.75) is 95.6 Å². The highest BCUT2D eigenvalue weighted by molar-refractivity contribution is 5.94. The lowest BCUT2D eigenvalue weighted by atomic mass is 9.71. The van der Waals surface area contributed by atoms with E-state index >= 15 is 8.78 Å². The molecule has 2 N–H and O–H groups in total. The fraction of sp³-hybridized carbons (Fsp3) is 0.641. The first-order valence-electron chi connectivity index (χ1n) is 19.4. The van der Waals surface area contributed by atoms with Crippen LogP contribution in [0.1, 0.15) is 74.5 Å². The minimum absolute atomic E-state index is 0.00796. The number of fused-ring (bicyclic) bond motifs is 2. The van der Waals surface area contributed by atoms with Gasteiger partial charge in [0, 0.05) is 64.0 Å². The topological polar surface area (TPSA) is 120 Å². The maximum absolute atomic E-state index is 16.0. The molecule has 1 aliphatic carbocycles. The fourth-order valence-corrected chi connectivity index (χ4v) is 9.15. The third-order valence-corrected chi connectivity index (χ3v) is 12.2. The molecule has 0 unspecified atom stereocenters. The van der Waals surface area contributed by atoms with Crippen molar-refractivity contribution in [3.63, 3.8) is 0 Å². The van der Waals surface area contributed by atoms with Crippen LogP contribution in [0.15, 0.2) is 30.5 Å². The summed E-state index contributed by atoms with van der Waals surface area (Å²) < 4.78 is 44.5. The van der Waals surface area contributed by atoms with Gasteiger partial charge in [-0.25, -0.2) is 23.1 Å². The molecule has 13 nitrogen and oxygen atoms in total. The van der Waals surface area contributed by atoms with Crippen LogP contribution in [0.25, 0.3) is 5.65 Å². The molecular weight excluding hydrogens is 696 g/mol. The number of piperidine rings is 2. The number of benzene rings is 1. The van der Waals surface area contributed by atoms with E-state index in [0.29, 0.717) is 69.4 Å². The average Bonchev–Trinajstić information content (AvgIpc) is 3.73. The van der Waals surface area contributed by atoms with Gasteiger partial charge in [0.1, 0.15) is 5.60 Å². The molecule has 8 rings (SSSR count). The van der Waals surface area contributed by atoms with Crippen LogP contribution in [0.5, 0.6) is 0 Å². The number of halogens is 2. The zero-order valence-corrected chi connectivity index (χ0v) is 32.0. The Morgan fingerprint density at radius 3 is 2.48 bits per heavy atom. The Morgan fingerprint density at radius 2 is 1.81 bits per heavy atom. The quantitative estimate of drug-likeness (QED) is 0.329. The maximum Gasteiger partial charge on any atom is 0.410 e. The van der Waals surface area contributed by atoms with Gasteiger partial charge in [0.25, 0.3) is 11.8 Å². The molecule has 1 aromatic carbocycles. The third-order valence-electron chi connectivity index (χ3n) is 12.2. The summed E-state index contributed by atoms with van der Waals surface area (Å²) in [7, 11) is 3.48. The second kappa shape index (κ2) is 13.9. The van der Waals surface area contributed by atoms with Crippen molar-refractivity contribution >= 4 is 34.8 Å². The van der Waals surface area contributed by atoms with Gasteiger partial charge in [0.05, 0.1) is 36.6 Å². The first-order chi connectivity index (χ1) is 25.8. The number of likely N-dealkylation sites (tertiary alicyclic amines) is 3. The number of rotatable bonds is 8. The molecule has 2 aromatic heterocycles. The number of methoxy groups -OCH3 is 1. The lowest BCUT2D eigenvalue weighted by Crippen LogP contribution is -2.65. The van der Waals surface area contributed by atoms with Crippen molar-refractivity contribution in [3.05, 3.63) is 47.3 Å². The van der Waals surface area contributed by atoms with Crippen LogP contribution < -0.4 is 15.5 Å². The molecule has 6 heterocycles. The molecule has 1 saturated carbocycles. The lowest BCUT2D eigenvalue weighted by Gasteiger charge is -2.55.